The standard InChI is InChI=1S/C17H12BrClFN3O2S2/c18-11-5-6-14(12(19)7-11)25-8-15(24)21-16-22-23-17(27-16)26-9-10-3-1-2-4-13(10)20/h1-7H,8-9H2,(H,21,22,24). The van der Waals surface area contributed by atoms with Crippen molar-refractivity contribution in [3.8, 4) is 5.75 Å². The van der Waals surface area contributed by atoms with Crippen LogP contribution in [0, 0.1) is 5.82 Å². The number of benzene rings is 2. The minimum Gasteiger partial charge on any atom is -0.482 e. The summed E-state index contributed by atoms with van der Waals surface area (Å²) in [5, 5.41) is 11.3. The van der Waals surface area contributed by atoms with Crippen LogP contribution in [0.5, 0.6) is 5.75 Å². The number of nitrogens with zero attached hydrogens (tertiary/aromatic N) is 2. The largest absolute Gasteiger partial charge is 0.482 e. The van der Waals surface area contributed by atoms with Crippen molar-refractivity contribution in [2.75, 3.05) is 11.9 Å². The van der Waals surface area contributed by atoms with Gasteiger partial charge in [0.15, 0.2) is 10.9 Å². The third-order valence-corrected chi connectivity index (χ3v) is 6.02. The van der Waals surface area contributed by atoms with Crippen LogP contribution in [0.25, 0.3) is 0 Å². The minimum atomic E-state index is -0.379. The zero-order valence-corrected chi connectivity index (χ0v) is 17.6. The van der Waals surface area contributed by atoms with E-state index in [2.05, 4.69) is 31.4 Å². The summed E-state index contributed by atoms with van der Waals surface area (Å²) in [4.78, 5) is 12.0. The van der Waals surface area contributed by atoms with E-state index in [1.54, 1.807) is 36.4 Å². The fraction of sp³-hybridized carbons (Fsp3) is 0.118. The Hall–Kier alpha value is -1.68. The van der Waals surface area contributed by atoms with Gasteiger partial charge in [0.25, 0.3) is 5.91 Å². The molecule has 5 nitrogen and oxygen atoms in total. The van der Waals surface area contributed by atoms with E-state index in [-0.39, 0.29) is 18.3 Å². The van der Waals surface area contributed by atoms with E-state index in [0.717, 1.165) is 4.47 Å². The highest BCUT2D eigenvalue weighted by atomic mass is 79.9. The second-order valence-electron chi connectivity index (χ2n) is 5.16. The van der Waals surface area contributed by atoms with Crippen molar-refractivity contribution in [2.45, 2.75) is 10.1 Å². The van der Waals surface area contributed by atoms with Crippen molar-refractivity contribution < 1.29 is 13.9 Å². The maximum Gasteiger partial charge on any atom is 0.264 e. The predicted octanol–water partition coefficient (Wildman–Crippen LogP) is 5.40. The van der Waals surface area contributed by atoms with Gasteiger partial charge in [0.2, 0.25) is 5.13 Å². The van der Waals surface area contributed by atoms with Gasteiger partial charge in [-0.25, -0.2) is 4.39 Å². The number of nitrogens with one attached hydrogen (secondary N) is 1. The number of hydrogen-bond donors (Lipinski definition) is 1. The molecule has 27 heavy (non-hydrogen) atoms. The van der Waals surface area contributed by atoms with Crippen LogP contribution in [0.3, 0.4) is 0 Å². The molecule has 2 aromatic carbocycles. The molecule has 0 unspecified atom stereocenters. The van der Waals surface area contributed by atoms with Crippen molar-refractivity contribution >= 4 is 61.7 Å². The van der Waals surface area contributed by atoms with Gasteiger partial charge in [-0.1, -0.05) is 68.8 Å². The lowest BCUT2D eigenvalue weighted by Gasteiger charge is -2.07. The average molecular weight is 489 g/mol. The molecule has 3 aromatic rings. The smallest absolute Gasteiger partial charge is 0.264 e. The van der Waals surface area contributed by atoms with Crippen LogP contribution in [-0.4, -0.2) is 22.7 Å². The van der Waals surface area contributed by atoms with Gasteiger partial charge in [0, 0.05) is 10.2 Å². The highest BCUT2D eigenvalue weighted by molar-refractivity contribution is 9.10. The third-order valence-electron chi connectivity index (χ3n) is 3.21. The highest BCUT2D eigenvalue weighted by Crippen LogP contribution is 2.29. The van der Waals surface area contributed by atoms with E-state index >= 15 is 0 Å². The number of carbonyl (C=O) groups is 1. The number of rotatable bonds is 7. The van der Waals surface area contributed by atoms with Crippen LogP contribution in [0.2, 0.25) is 5.02 Å². The Morgan fingerprint density at radius 1 is 1.30 bits per heavy atom. The third kappa shape index (κ3) is 5.90. The molecular weight excluding hydrogens is 477 g/mol. The summed E-state index contributed by atoms with van der Waals surface area (Å²) in [5.74, 6) is 0.205. The minimum absolute atomic E-state index is 0.210. The quantitative estimate of drug-likeness (QED) is 0.356. The maximum absolute atomic E-state index is 13.6. The van der Waals surface area contributed by atoms with Crippen molar-refractivity contribution in [3.05, 3.63) is 63.3 Å². The number of halogens is 3. The summed E-state index contributed by atoms with van der Waals surface area (Å²) in [7, 11) is 0. The first-order valence-electron chi connectivity index (χ1n) is 7.58. The van der Waals surface area contributed by atoms with Crippen molar-refractivity contribution in [2.24, 2.45) is 0 Å². The molecule has 3 rings (SSSR count). The molecule has 1 amide bonds. The lowest BCUT2D eigenvalue weighted by atomic mass is 10.2. The van der Waals surface area contributed by atoms with Crippen molar-refractivity contribution in [3.63, 3.8) is 0 Å². The Kier molecular flexibility index (Phi) is 7.06. The van der Waals surface area contributed by atoms with E-state index in [1.807, 2.05) is 0 Å². The van der Waals surface area contributed by atoms with Gasteiger partial charge in [0.05, 0.1) is 5.02 Å². The highest BCUT2D eigenvalue weighted by Gasteiger charge is 2.11. The fourth-order valence-electron chi connectivity index (χ4n) is 1.96. The average Bonchev–Trinajstić information content (AvgIpc) is 3.07. The summed E-state index contributed by atoms with van der Waals surface area (Å²) in [6, 6.07) is 11.7. The molecule has 140 valence electrons. The maximum atomic E-state index is 13.6. The van der Waals surface area contributed by atoms with Gasteiger partial charge in [-0.2, -0.15) is 0 Å². The molecule has 1 aromatic heterocycles. The Morgan fingerprint density at radius 2 is 2.11 bits per heavy atom. The van der Waals surface area contributed by atoms with Gasteiger partial charge in [-0.3, -0.25) is 10.1 Å². The van der Waals surface area contributed by atoms with E-state index in [4.69, 9.17) is 16.3 Å². The predicted molar refractivity (Wildman–Crippen MR) is 109 cm³/mol. The first-order chi connectivity index (χ1) is 13.0. The molecule has 0 aliphatic carbocycles. The summed E-state index contributed by atoms with van der Waals surface area (Å²) >= 11 is 11.9. The van der Waals surface area contributed by atoms with Gasteiger partial charge in [-0.05, 0) is 29.8 Å². The monoisotopic (exact) mass is 487 g/mol. The summed E-state index contributed by atoms with van der Waals surface area (Å²) in [5.41, 5.74) is 0.586. The number of carbonyl (C=O) groups excluding carboxylic acids is 1. The fourth-order valence-corrected chi connectivity index (χ4v) is 4.45. The molecule has 0 aliphatic heterocycles. The number of thioether (sulfide) groups is 1. The summed E-state index contributed by atoms with van der Waals surface area (Å²) in [6.45, 7) is -0.210. The molecule has 1 N–H and O–H groups in total. The van der Waals surface area contributed by atoms with Gasteiger partial charge in [-0.15, -0.1) is 10.2 Å². The zero-order chi connectivity index (χ0) is 19.2. The zero-order valence-electron chi connectivity index (χ0n) is 13.6. The Labute approximate surface area is 176 Å². The Balaban J connectivity index is 1.49. The number of ether oxygens (including phenoxy) is 1. The SMILES string of the molecule is O=C(COc1ccc(Br)cc1Cl)Nc1nnc(SCc2ccccc2F)s1. The van der Waals surface area contributed by atoms with Crippen LogP contribution in [0.1, 0.15) is 5.56 Å². The van der Waals surface area contributed by atoms with E-state index in [0.29, 0.717) is 31.6 Å². The molecule has 0 saturated heterocycles. The Morgan fingerprint density at radius 3 is 2.89 bits per heavy atom. The molecule has 0 saturated carbocycles. The molecular formula is C17H12BrClFN3O2S2. The number of hydrogen-bond acceptors (Lipinski definition) is 6. The normalized spacial score (nSPS) is 10.6. The second-order valence-corrected chi connectivity index (χ2v) is 8.69. The van der Waals surface area contributed by atoms with E-state index in [9.17, 15) is 9.18 Å². The molecule has 0 atom stereocenters. The lowest BCUT2D eigenvalue weighted by molar-refractivity contribution is -0.118. The molecule has 0 radical (unpaired) electrons. The Bertz CT molecular complexity index is 957. The van der Waals surface area contributed by atoms with Crippen molar-refractivity contribution in [1.82, 2.24) is 10.2 Å². The van der Waals surface area contributed by atoms with Gasteiger partial charge < -0.3 is 4.74 Å². The first kappa shape index (κ1) is 20.1. The van der Waals surface area contributed by atoms with E-state index in [1.165, 1.54) is 29.2 Å². The molecule has 10 heteroatoms. The summed E-state index contributed by atoms with van der Waals surface area (Å²) in [6.07, 6.45) is 0. The first-order valence-corrected chi connectivity index (χ1v) is 10.6. The topological polar surface area (TPSA) is 64.1 Å². The second kappa shape index (κ2) is 9.50. The van der Waals surface area contributed by atoms with Gasteiger partial charge in [0.1, 0.15) is 11.6 Å². The number of aromatic nitrogens is 2. The van der Waals surface area contributed by atoms with Crippen LogP contribution >= 0.6 is 50.6 Å². The molecule has 0 bridgehead atoms. The van der Waals surface area contributed by atoms with Crippen LogP contribution in [-0.2, 0) is 10.5 Å². The molecule has 1 heterocycles. The van der Waals surface area contributed by atoms with E-state index < -0.39 is 0 Å². The van der Waals surface area contributed by atoms with Crippen LogP contribution in [0.15, 0.2) is 51.3 Å². The van der Waals surface area contributed by atoms with Gasteiger partial charge >= 0.3 is 0 Å². The van der Waals surface area contributed by atoms with Crippen LogP contribution in [0.4, 0.5) is 9.52 Å². The van der Waals surface area contributed by atoms with Crippen molar-refractivity contribution in [1.29, 1.82) is 0 Å². The molecule has 0 fully saturated rings. The number of amides is 1. The van der Waals surface area contributed by atoms with Crippen LogP contribution < -0.4 is 10.1 Å². The molecule has 0 aliphatic rings. The lowest BCUT2D eigenvalue weighted by Crippen LogP contribution is -2.20. The molecule has 0 spiro atoms. The summed E-state index contributed by atoms with van der Waals surface area (Å²) < 4.78 is 20.5. The number of anilines is 1.